The zero-order valence-electron chi connectivity index (χ0n) is 12.1. The van der Waals surface area contributed by atoms with Crippen molar-refractivity contribution in [1.29, 1.82) is 0 Å². The second-order valence-corrected chi connectivity index (χ2v) is 6.37. The molecule has 1 unspecified atom stereocenters. The van der Waals surface area contributed by atoms with Crippen LogP contribution in [0.3, 0.4) is 0 Å². The molecular weight excluding hydrogens is 232 g/mol. The summed E-state index contributed by atoms with van der Waals surface area (Å²) in [7, 11) is 2.31. The third-order valence-electron chi connectivity index (χ3n) is 4.79. The standard InChI is InChI=1S/C17H26N2/c1-19(12-14-6-2-3-7-14)13-15-10-11-18-17-9-5-4-8-16(15)17/h4-5,8-9,14-15,18H,2-3,6-7,10-13H2,1H3. The molecule has 1 saturated carbocycles. The third-order valence-corrected chi connectivity index (χ3v) is 4.79. The first-order chi connectivity index (χ1) is 9.33. The lowest BCUT2D eigenvalue weighted by Gasteiger charge is -2.31. The highest BCUT2D eigenvalue weighted by Crippen LogP contribution is 2.32. The Kier molecular flexibility index (Phi) is 4.07. The number of likely N-dealkylation sites (N-methyl/N-ethyl adjacent to an activating group) is 1. The Morgan fingerprint density at radius 2 is 1.89 bits per heavy atom. The van der Waals surface area contributed by atoms with Crippen molar-refractivity contribution in [1.82, 2.24) is 4.90 Å². The largest absolute Gasteiger partial charge is 0.385 e. The summed E-state index contributed by atoms with van der Waals surface area (Å²) in [5.74, 6) is 1.67. The van der Waals surface area contributed by atoms with Gasteiger partial charge in [0.05, 0.1) is 0 Å². The number of fused-ring (bicyclic) bond motifs is 1. The second kappa shape index (κ2) is 5.96. The molecule has 0 radical (unpaired) electrons. The van der Waals surface area contributed by atoms with Crippen molar-refractivity contribution in [3.63, 3.8) is 0 Å². The van der Waals surface area contributed by atoms with Crippen molar-refractivity contribution in [3.8, 4) is 0 Å². The Morgan fingerprint density at radius 3 is 2.74 bits per heavy atom. The molecule has 0 saturated heterocycles. The van der Waals surface area contributed by atoms with E-state index < -0.39 is 0 Å². The molecule has 2 aliphatic rings. The van der Waals surface area contributed by atoms with Crippen LogP contribution in [0.5, 0.6) is 0 Å². The average Bonchev–Trinajstić information content (AvgIpc) is 2.92. The SMILES string of the molecule is CN(CC1CCCC1)CC1CCNc2ccccc21. The predicted molar refractivity (Wildman–Crippen MR) is 81.7 cm³/mol. The van der Waals surface area contributed by atoms with Gasteiger partial charge in [-0.2, -0.15) is 0 Å². The van der Waals surface area contributed by atoms with E-state index in [1.807, 2.05) is 0 Å². The maximum atomic E-state index is 3.52. The van der Waals surface area contributed by atoms with Gasteiger partial charge in [-0.1, -0.05) is 31.0 Å². The first-order valence-electron chi connectivity index (χ1n) is 7.84. The lowest BCUT2D eigenvalue weighted by molar-refractivity contribution is 0.258. The highest BCUT2D eigenvalue weighted by atomic mass is 15.1. The molecule has 1 atom stereocenters. The van der Waals surface area contributed by atoms with Crippen molar-refractivity contribution in [3.05, 3.63) is 29.8 Å². The van der Waals surface area contributed by atoms with Crippen LogP contribution in [-0.4, -0.2) is 31.6 Å². The van der Waals surface area contributed by atoms with Crippen LogP contribution in [0.2, 0.25) is 0 Å². The summed E-state index contributed by atoms with van der Waals surface area (Å²) in [6, 6.07) is 8.83. The number of rotatable bonds is 4. The maximum absolute atomic E-state index is 3.52. The lowest BCUT2D eigenvalue weighted by atomic mass is 9.90. The molecule has 1 N–H and O–H groups in total. The van der Waals surface area contributed by atoms with Crippen LogP contribution in [0.15, 0.2) is 24.3 Å². The van der Waals surface area contributed by atoms with Gasteiger partial charge in [-0.3, -0.25) is 0 Å². The third kappa shape index (κ3) is 3.11. The monoisotopic (exact) mass is 258 g/mol. The molecule has 0 aromatic heterocycles. The molecule has 19 heavy (non-hydrogen) atoms. The molecule has 1 aromatic rings. The minimum Gasteiger partial charge on any atom is -0.385 e. The van der Waals surface area contributed by atoms with E-state index in [-0.39, 0.29) is 0 Å². The van der Waals surface area contributed by atoms with Crippen LogP contribution < -0.4 is 5.32 Å². The summed E-state index contributed by atoms with van der Waals surface area (Å²) in [6.45, 7) is 3.64. The van der Waals surface area contributed by atoms with Crippen LogP contribution in [0.4, 0.5) is 5.69 Å². The van der Waals surface area contributed by atoms with Gasteiger partial charge in [-0.05, 0) is 43.9 Å². The summed E-state index contributed by atoms with van der Waals surface area (Å²) >= 11 is 0. The molecule has 2 heteroatoms. The minimum absolute atomic E-state index is 0.712. The molecule has 2 nitrogen and oxygen atoms in total. The Bertz CT molecular complexity index is 409. The molecule has 1 aliphatic heterocycles. The van der Waals surface area contributed by atoms with Gasteiger partial charge >= 0.3 is 0 Å². The van der Waals surface area contributed by atoms with Gasteiger partial charge in [0.25, 0.3) is 0 Å². The molecule has 104 valence electrons. The molecule has 1 aliphatic carbocycles. The van der Waals surface area contributed by atoms with Gasteiger partial charge in [0.2, 0.25) is 0 Å². The van der Waals surface area contributed by atoms with Crippen LogP contribution in [0, 0.1) is 5.92 Å². The van der Waals surface area contributed by atoms with Crippen molar-refractivity contribution in [2.45, 2.75) is 38.0 Å². The molecule has 3 rings (SSSR count). The van der Waals surface area contributed by atoms with Crippen molar-refractivity contribution in [2.75, 3.05) is 32.0 Å². The maximum Gasteiger partial charge on any atom is 0.0376 e. The van der Waals surface area contributed by atoms with Gasteiger partial charge in [-0.25, -0.2) is 0 Å². The smallest absolute Gasteiger partial charge is 0.0376 e. The van der Waals surface area contributed by atoms with E-state index in [9.17, 15) is 0 Å². The van der Waals surface area contributed by atoms with Gasteiger partial charge < -0.3 is 10.2 Å². The van der Waals surface area contributed by atoms with Crippen LogP contribution in [0.1, 0.15) is 43.6 Å². The van der Waals surface area contributed by atoms with Crippen LogP contribution in [-0.2, 0) is 0 Å². The van der Waals surface area contributed by atoms with Crippen LogP contribution >= 0.6 is 0 Å². The van der Waals surface area contributed by atoms with E-state index in [0.717, 1.165) is 12.5 Å². The Morgan fingerprint density at radius 1 is 1.11 bits per heavy atom. The quantitative estimate of drug-likeness (QED) is 0.885. The highest BCUT2D eigenvalue weighted by molar-refractivity contribution is 5.54. The minimum atomic E-state index is 0.712. The summed E-state index contributed by atoms with van der Waals surface area (Å²) in [4.78, 5) is 2.57. The first kappa shape index (κ1) is 13.0. The van der Waals surface area contributed by atoms with E-state index in [4.69, 9.17) is 0 Å². The molecule has 0 bridgehead atoms. The van der Waals surface area contributed by atoms with Crippen molar-refractivity contribution in [2.24, 2.45) is 5.92 Å². The molecule has 1 aromatic carbocycles. The van der Waals surface area contributed by atoms with E-state index >= 15 is 0 Å². The fourth-order valence-corrected chi connectivity index (χ4v) is 3.82. The van der Waals surface area contributed by atoms with Gasteiger partial charge in [0.15, 0.2) is 0 Å². The Balaban J connectivity index is 1.60. The second-order valence-electron chi connectivity index (χ2n) is 6.37. The average molecular weight is 258 g/mol. The van der Waals surface area contributed by atoms with Crippen molar-refractivity contribution < 1.29 is 0 Å². The number of para-hydroxylation sites is 1. The zero-order chi connectivity index (χ0) is 13.1. The molecule has 0 spiro atoms. The van der Waals surface area contributed by atoms with Gasteiger partial charge in [0.1, 0.15) is 0 Å². The summed E-state index contributed by atoms with van der Waals surface area (Å²) in [6.07, 6.45) is 7.08. The summed E-state index contributed by atoms with van der Waals surface area (Å²) < 4.78 is 0. The number of anilines is 1. The predicted octanol–water partition coefficient (Wildman–Crippen LogP) is 3.71. The van der Waals surface area contributed by atoms with Gasteiger partial charge in [0, 0.05) is 31.2 Å². The Hall–Kier alpha value is -1.02. The molecule has 0 amide bonds. The fourth-order valence-electron chi connectivity index (χ4n) is 3.82. The lowest BCUT2D eigenvalue weighted by Crippen LogP contribution is -2.31. The number of hydrogen-bond donors (Lipinski definition) is 1. The van der Waals surface area contributed by atoms with Gasteiger partial charge in [-0.15, -0.1) is 0 Å². The van der Waals surface area contributed by atoms with Crippen molar-refractivity contribution >= 4 is 5.69 Å². The van der Waals surface area contributed by atoms with E-state index in [2.05, 4.69) is 41.5 Å². The van der Waals surface area contributed by atoms with E-state index in [0.29, 0.717) is 5.92 Å². The van der Waals surface area contributed by atoms with E-state index in [1.54, 1.807) is 0 Å². The number of nitrogens with zero attached hydrogens (tertiary/aromatic N) is 1. The highest BCUT2D eigenvalue weighted by Gasteiger charge is 2.23. The molecule has 1 heterocycles. The summed E-state index contributed by atoms with van der Waals surface area (Å²) in [5.41, 5.74) is 2.88. The number of nitrogens with one attached hydrogen (secondary N) is 1. The fraction of sp³-hybridized carbons (Fsp3) is 0.647. The topological polar surface area (TPSA) is 15.3 Å². The molecular formula is C17H26N2. The normalized spacial score (nSPS) is 23.4. The van der Waals surface area contributed by atoms with E-state index in [1.165, 1.54) is 56.4 Å². The zero-order valence-corrected chi connectivity index (χ0v) is 12.1. The first-order valence-corrected chi connectivity index (χ1v) is 7.84. The summed E-state index contributed by atoms with van der Waals surface area (Å²) in [5, 5.41) is 3.52. The Labute approximate surface area is 117 Å². The van der Waals surface area contributed by atoms with Crippen LogP contribution in [0.25, 0.3) is 0 Å². The molecule has 1 fully saturated rings. The number of benzene rings is 1. The number of hydrogen-bond acceptors (Lipinski definition) is 2.